The Kier molecular flexibility index (Phi) is 2.21. The molecule has 0 radical (unpaired) electrons. The maximum Gasteiger partial charge on any atom is 0.269 e. The van der Waals surface area contributed by atoms with Crippen molar-refractivity contribution in [2.75, 3.05) is 6.54 Å². The van der Waals surface area contributed by atoms with Gasteiger partial charge in [0.2, 0.25) is 0 Å². The molecule has 14 heavy (non-hydrogen) atoms. The molecule has 2 N–H and O–H groups in total. The molecule has 2 rings (SSSR count). The van der Waals surface area contributed by atoms with Crippen LogP contribution in [0.15, 0.2) is 24.3 Å². The van der Waals surface area contributed by atoms with Gasteiger partial charge in [-0.1, -0.05) is 12.1 Å². The second kappa shape index (κ2) is 3.38. The summed E-state index contributed by atoms with van der Waals surface area (Å²) in [4.78, 5) is 10.2. The van der Waals surface area contributed by atoms with E-state index in [9.17, 15) is 10.1 Å². The minimum atomic E-state index is -0.358. The fraction of sp³-hybridized carbons (Fsp3) is 0.400. The van der Waals surface area contributed by atoms with Crippen LogP contribution in [0.25, 0.3) is 0 Å². The van der Waals surface area contributed by atoms with E-state index in [1.165, 1.54) is 6.07 Å². The van der Waals surface area contributed by atoms with Gasteiger partial charge in [-0.05, 0) is 30.4 Å². The van der Waals surface area contributed by atoms with Gasteiger partial charge in [0.25, 0.3) is 5.69 Å². The van der Waals surface area contributed by atoms with Gasteiger partial charge in [0, 0.05) is 12.1 Å². The Bertz CT molecular complexity index is 365. The van der Waals surface area contributed by atoms with Gasteiger partial charge < -0.3 is 5.73 Å². The molecule has 0 aromatic heterocycles. The van der Waals surface area contributed by atoms with Gasteiger partial charge in [0.15, 0.2) is 0 Å². The number of nitrogens with two attached hydrogens (primary N) is 1. The van der Waals surface area contributed by atoms with Crippen molar-refractivity contribution in [1.29, 1.82) is 0 Å². The van der Waals surface area contributed by atoms with E-state index in [1.54, 1.807) is 12.1 Å². The minimum absolute atomic E-state index is 0.171. The Morgan fingerprint density at radius 1 is 1.57 bits per heavy atom. The number of nitro groups is 1. The molecule has 0 saturated heterocycles. The molecule has 2 atom stereocenters. The molecule has 1 aromatic rings. The first-order chi connectivity index (χ1) is 6.72. The lowest BCUT2D eigenvalue weighted by Crippen LogP contribution is -2.02. The maximum absolute atomic E-state index is 10.5. The Morgan fingerprint density at radius 3 is 2.93 bits per heavy atom. The van der Waals surface area contributed by atoms with Crippen molar-refractivity contribution in [3.63, 3.8) is 0 Å². The van der Waals surface area contributed by atoms with Gasteiger partial charge in [-0.15, -0.1) is 0 Å². The second-order valence-electron chi connectivity index (χ2n) is 3.69. The van der Waals surface area contributed by atoms with Crippen molar-refractivity contribution in [3.05, 3.63) is 39.9 Å². The predicted octanol–water partition coefficient (Wildman–Crippen LogP) is 1.66. The topological polar surface area (TPSA) is 69.2 Å². The lowest BCUT2D eigenvalue weighted by Gasteiger charge is -1.98. The van der Waals surface area contributed by atoms with Gasteiger partial charge in [0.1, 0.15) is 0 Å². The zero-order valence-corrected chi connectivity index (χ0v) is 7.72. The highest BCUT2D eigenvalue weighted by Gasteiger charge is 2.37. The van der Waals surface area contributed by atoms with E-state index in [0.717, 1.165) is 12.0 Å². The Labute approximate surface area is 81.9 Å². The normalized spacial score (nSPS) is 24.6. The highest BCUT2D eigenvalue weighted by atomic mass is 16.6. The van der Waals surface area contributed by atoms with E-state index in [0.29, 0.717) is 18.4 Å². The van der Waals surface area contributed by atoms with Crippen LogP contribution in [0, 0.1) is 16.0 Å². The molecular weight excluding hydrogens is 180 g/mol. The molecule has 0 aliphatic heterocycles. The minimum Gasteiger partial charge on any atom is -0.330 e. The third kappa shape index (κ3) is 1.61. The van der Waals surface area contributed by atoms with E-state index in [-0.39, 0.29) is 10.6 Å². The van der Waals surface area contributed by atoms with Crippen LogP contribution in [0.4, 0.5) is 5.69 Å². The number of hydrogen-bond acceptors (Lipinski definition) is 3. The molecule has 4 nitrogen and oxygen atoms in total. The highest BCUT2D eigenvalue weighted by molar-refractivity contribution is 5.38. The Hall–Kier alpha value is -1.42. The quantitative estimate of drug-likeness (QED) is 0.584. The first-order valence-corrected chi connectivity index (χ1v) is 4.67. The largest absolute Gasteiger partial charge is 0.330 e. The molecule has 1 aliphatic carbocycles. The van der Waals surface area contributed by atoms with Gasteiger partial charge in [-0.3, -0.25) is 10.1 Å². The zero-order valence-electron chi connectivity index (χ0n) is 7.72. The summed E-state index contributed by atoms with van der Waals surface area (Å²) in [5.41, 5.74) is 6.75. The molecule has 1 fully saturated rings. The van der Waals surface area contributed by atoms with Crippen molar-refractivity contribution >= 4 is 5.69 Å². The van der Waals surface area contributed by atoms with Crippen molar-refractivity contribution in [2.45, 2.75) is 12.3 Å². The molecule has 0 heterocycles. The Balaban J connectivity index is 2.19. The summed E-state index contributed by atoms with van der Waals surface area (Å²) in [5.74, 6) is 0.969. The molecule has 74 valence electrons. The van der Waals surface area contributed by atoms with Crippen LogP contribution in [-0.4, -0.2) is 11.5 Å². The smallest absolute Gasteiger partial charge is 0.269 e. The summed E-state index contributed by atoms with van der Waals surface area (Å²) in [5, 5.41) is 10.5. The summed E-state index contributed by atoms with van der Waals surface area (Å²) in [6.07, 6.45) is 1.07. The van der Waals surface area contributed by atoms with E-state index >= 15 is 0 Å². The summed E-state index contributed by atoms with van der Waals surface area (Å²) in [6, 6.07) is 6.84. The van der Waals surface area contributed by atoms with Gasteiger partial charge >= 0.3 is 0 Å². The lowest BCUT2D eigenvalue weighted by molar-refractivity contribution is -0.384. The zero-order chi connectivity index (χ0) is 10.1. The molecule has 0 bridgehead atoms. The number of non-ortho nitro benzene ring substituents is 1. The van der Waals surface area contributed by atoms with E-state index in [1.807, 2.05) is 6.07 Å². The average Bonchev–Trinajstić information content (AvgIpc) is 2.97. The van der Waals surface area contributed by atoms with Crippen molar-refractivity contribution in [2.24, 2.45) is 11.7 Å². The standard InChI is InChI=1S/C10H12N2O2/c11-6-8-5-10(8)7-2-1-3-9(4-7)12(13)14/h1-4,8,10H,5-6,11H2/t8-,10-/m0/s1. The van der Waals surface area contributed by atoms with Gasteiger partial charge in [-0.25, -0.2) is 0 Å². The van der Waals surface area contributed by atoms with Crippen LogP contribution in [-0.2, 0) is 0 Å². The second-order valence-corrected chi connectivity index (χ2v) is 3.69. The fourth-order valence-electron chi connectivity index (χ4n) is 1.79. The molecule has 0 spiro atoms. The van der Waals surface area contributed by atoms with Crippen LogP contribution < -0.4 is 5.73 Å². The molecule has 1 saturated carbocycles. The average molecular weight is 192 g/mol. The molecule has 0 amide bonds. The number of hydrogen-bond donors (Lipinski definition) is 1. The number of rotatable bonds is 3. The van der Waals surface area contributed by atoms with Gasteiger partial charge in [0.05, 0.1) is 4.92 Å². The van der Waals surface area contributed by atoms with Crippen LogP contribution in [0.5, 0.6) is 0 Å². The molecule has 1 aliphatic rings. The summed E-state index contributed by atoms with van der Waals surface area (Å²) >= 11 is 0. The summed E-state index contributed by atoms with van der Waals surface area (Å²) in [6.45, 7) is 0.674. The van der Waals surface area contributed by atoms with Gasteiger partial charge in [-0.2, -0.15) is 0 Å². The molecular formula is C10H12N2O2. The predicted molar refractivity (Wildman–Crippen MR) is 53.0 cm³/mol. The SMILES string of the molecule is NC[C@@H]1C[C@H]1c1cccc([N+](=O)[O-])c1. The van der Waals surface area contributed by atoms with Crippen molar-refractivity contribution in [1.82, 2.24) is 0 Å². The fourth-order valence-corrected chi connectivity index (χ4v) is 1.79. The van der Waals surface area contributed by atoms with Crippen LogP contribution in [0.3, 0.4) is 0 Å². The first kappa shape index (κ1) is 9.15. The number of benzene rings is 1. The van der Waals surface area contributed by atoms with Crippen LogP contribution in [0.2, 0.25) is 0 Å². The maximum atomic E-state index is 10.5. The lowest BCUT2D eigenvalue weighted by atomic mass is 10.1. The van der Waals surface area contributed by atoms with E-state index in [2.05, 4.69) is 0 Å². The molecule has 0 unspecified atom stereocenters. The van der Waals surface area contributed by atoms with E-state index < -0.39 is 0 Å². The highest BCUT2D eigenvalue weighted by Crippen LogP contribution is 2.47. The summed E-state index contributed by atoms with van der Waals surface area (Å²) < 4.78 is 0. The van der Waals surface area contributed by atoms with Crippen molar-refractivity contribution in [3.8, 4) is 0 Å². The first-order valence-electron chi connectivity index (χ1n) is 4.67. The molecule has 1 aromatic carbocycles. The number of nitro benzene ring substituents is 1. The third-order valence-electron chi connectivity index (χ3n) is 2.73. The Morgan fingerprint density at radius 2 is 2.36 bits per heavy atom. The molecule has 4 heteroatoms. The van der Waals surface area contributed by atoms with Crippen LogP contribution >= 0.6 is 0 Å². The van der Waals surface area contributed by atoms with Crippen molar-refractivity contribution < 1.29 is 4.92 Å². The van der Waals surface area contributed by atoms with Crippen LogP contribution in [0.1, 0.15) is 17.9 Å². The van der Waals surface area contributed by atoms with E-state index in [4.69, 9.17) is 5.73 Å². The third-order valence-corrected chi connectivity index (χ3v) is 2.73. The summed E-state index contributed by atoms with van der Waals surface area (Å²) in [7, 11) is 0. The monoisotopic (exact) mass is 192 g/mol. The number of nitrogens with zero attached hydrogens (tertiary/aromatic N) is 1.